The fourth-order valence-corrected chi connectivity index (χ4v) is 3.61. The van der Waals surface area contributed by atoms with Gasteiger partial charge in [0.15, 0.2) is 0 Å². The highest BCUT2D eigenvalue weighted by atomic mass is 16.5. The molecule has 7 heteroatoms. The van der Waals surface area contributed by atoms with Crippen LogP contribution < -0.4 is 15.0 Å². The summed E-state index contributed by atoms with van der Waals surface area (Å²) in [6, 6.07) is 12.2. The molecule has 2 aromatic carbocycles. The number of rotatable bonds is 1. The summed E-state index contributed by atoms with van der Waals surface area (Å²) in [4.78, 5) is 14.3. The second-order valence-electron chi connectivity index (χ2n) is 7.21. The van der Waals surface area contributed by atoms with E-state index in [1.807, 2.05) is 24.3 Å². The average molecular weight is 378 g/mol. The van der Waals surface area contributed by atoms with E-state index in [0.29, 0.717) is 19.6 Å². The summed E-state index contributed by atoms with van der Waals surface area (Å²) in [6.45, 7) is 3.35. The van der Waals surface area contributed by atoms with Crippen molar-refractivity contribution in [1.82, 2.24) is 15.5 Å². The van der Waals surface area contributed by atoms with Gasteiger partial charge in [-0.3, -0.25) is 5.10 Å². The number of amides is 1. The fourth-order valence-electron chi connectivity index (χ4n) is 3.61. The largest absolute Gasteiger partial charge is 0.494 e. The Kier molecular flexibility index (Phi) is 4.27. The number of H-pyrrole nitrogens is 1. The number of aromatic amines is 1. The first-order valence-corrected chi connectivity index (χ1v) is 9.67. The Labute approximate surface area is 162 Å². The summed E-state index contributed by atoms with van der Waals surface area (Å²) < 4.78 is 11.3. The van der Waals surface area contributed by atoms with Crippen molar-refractivity contribution in [3.63, 3.8) is 0 Å². The zero-order valence-corrected chi connectivity index (χ0v) is 15.5. The van der Waals surface area contributed by atoms with Gasteiger partial charge in [0, 0.05) is 36.3 Å². The van der Waals surface area contributed by atoms with Crippen LogP contribution in [0.15, 0.2) is 36.4 Å². The van der Waals surface area contributed by atoms with Gasteiger partial charge in [-0.1, -0.05) is 0 Å². The van der Waals surface area contributed by atoms with Crippen LogP contribution in [-0.2, 0) is 11.3 Å². The molecule has 2 N–H and O–H groups in total. The molecule has 28 heavy (non-hydrogen) atoms. The highest BCUT2D eigenvalue weighted by Crippen LogP contribution is 2.33. The number of ether oxygens (including phenoxy) is 2. The zero-order chi connectivity index (χ0) is 18.9. The van der Waals surface area contributed by atoms with Crippen LogP contribution >= 0.6 is 0 Å². The molecular weight excluding hydrogens is 356 g/mol. The average Bonchev–Trinajstić information content (AvgIpc) is 3.07. The van der Waals surface area contributed by atoms with E-state index in [0.717, 1.165) is 52.3 Å². The first kappa shape index (κ1) is 16.9. The molecule has 1 aromatic heterocycles. The molecule has 0 radical (unpaired) electrons. The molecule has 0 saturated carbocycles. The van der Waals surface area contributed by atoms with Gasteiger partial charge in [-0.2, -0.15) is 5.10 Å². The van der Waals surface area contributed by atoms with E-state index in [1.165, 1.54) is 6.42 Å². The number of fused-ring (bicyclic) bond motifs is 4. The van der Waals surface area contributed by atoms with Crippen molar-refractivity contribution in [2.45, 2.75) is 19.4 Å². The predicted molar refractivity (Wildman–Crippen MR) is 107 cm³/mol. The topological polar surface area (TPSA) is 79.5 Å². The van der Waals surface area contributed by atoms with Crippen LogP contribution in [0.3, 0.4) is 0 Å². The Morgan fingerprint density at radius 2 is 1.96 bits per heavy atom. The lowest BCUT2D eigenvalue weighted by Crippen LogP contribution is -2.37. The highest BCUT2D eigenvalue weighted by molar-refractivity contribution is 5.94. The number of anilines is 1. The number of carbonyl (C=O) groups excluding carboxylic acids is 1. The van der Waals surface area contributed by atoms with Crippen molar-refractivity contribution >= 4 is 22.7 Å². The highest BCUT2D eigenvalue weighted by Gasteiger charge is 2.18. The van der Waals surface area contributed by atoms with Gasteiger partial charge in [0.05, 0.1) is 12.1 Å². The molecule has 0 unspecified atom stereocenters. The number of hydrogen-bond acceptors (Lipinski definition) is 5. The lowest BCUT2D eigenvalue weighted by atomic mass is 10.0. The molecule has 1 saturated heterocycles. The van der Waals surface area contributed by atoms with Crippen LogP contribution in [0.4, 0.5) is 10.5 Å². The van der Waals surface area contributed by atoms with Crippen LogP contribution in [0.1, 0.15) is 18.4 Å². The minimum absolute atomic E-state index is 0.227. The molecule has 5 rings (SSSR count). The fraction of sp³-hybridized carbons (Fsp3) is 0.333. The second kappa shape index (κ2) is 7.07. The molecule has 3 heterocycles. The number of hydrogen-bond donors (Lipinski definition) is 2. The van der Waals surface area contributed by atoms with E-state index in [4.69, 9.17) is 9.47 Å². The summed E-state index contributed by atoms with van der Waals surface area (Å²) in [5.41, 5.74) is 4.93. The molecule has 7 nitrogen and oxygen atoms in total. The number of cyclic esters (lactones) is 1. The van der Waals surface area contributed by atoms with Crippen LogP contribution in [0, 0.1) is 0 Å². The third kappa shape index (κ3) is 3.24. The monoisotopic (exact) mass is 378 g/mol. The van der Waals surface area contributed by atoms with Crippen LogP contribution in [0.2, 0.25) is 0 Å². The minimum atomic E-state index is -0.409. The van der Waals surface area contributed by atoms with E-state index in [9.17, 15) is 4.79 Å². The third-order valence-corrected chi connectivity index (χ3v) is 5.24. The van der Waals surface area contributed by atoms with Crippen LogP contribution in [0.25, 0.3) is 22.2 Å². The van der Waals surface area contributed by atoms with E-state index < -0.39 is 6.09 Å². The molecule has 1 amide bonds. The quantitative estimate of drug-likeness (QED) is 0.678. The summed E-state index contributed by atoms with van der Waals surface area (Å²) in [5.74, 6) is 0.798. The number of alkyl carbamates (subject to hydrolysis) is 1. The van der Waals surface area contributed by atoms with Crippen molar-refractivity contribution in [2.75, 3.05) is 31.1 Å². The minimum Gasteiger partial charge on any atom is -0.494 e. The first-order chi connectivity index (χ1) is 13.8. The summed E-state index contributed by atoms with van der Waals surface area (Å²) in [5, 5.41) is 11.5. The Bertz CT molecular complexity index is 1030. The third-order valence-electron chi connectivity index (χ3n) is 5.24. The van der Waals surface area contributed by atoms with Gasteiger partial charge in [-0.05, 0) is 54.8 Å². The molecule has 1 fully saturated rings. The van der Waals surface area contributed by atoms with E-state index in [-0.39, 0.29) is 6.61 Å². The summed E-state index contributed by atoms with van der Waals surface area (Å²) in [7, 11) is 0. The molecular formula is C21H22N4O3. The maximum atomic E-state index is 12.0. The van der Waals surface area contributed by atoms with Gasteiger partial charge in [0.2, 0.25) is 0 Å². The summed E-state index contributed by atoms with van der Waals surface area (Å²) in [6.07, 6.45) is 1.50. The lowest BCUT2D eigenvalue weighted by molar-refractivity contribution is 0.139. The Balaban J connectivity index is 1.61. The molecule has 144 valence electrons. The van der Waals surface area contributed by atoms with Crippen molar-refractivity contribution < 1.29 is 14.3 Å². The maximum Gasteiger partial charge on any atom is 0.407 e. The van der Waals surface area contributed by atoms with Gasteiger partial charge in [-0.15, -0.1) is 0 Å². The SMILES string of the molecule is O=C1NCCCOc2ccc3[nH]nc(c3c2)-c2cc(cc(N3CCC3)c2)CO1. The van der Waals surface area contributed by atoms with Crippen molar-refractivity contribution in [3.05, 3.63) is 42.0 Å². The molecule has 2 aliphatic rings. The first-order valence-electron chi connectivity index (χ1n) is 9.67. The second-order valence-corrected chi connectivity index (χ2v) is 7.21. The normalized spacial score (nSPS) is 17.1. The molecule has 4 bridgehead atoms. The van der Waals surface area contributed by atoms with Crippen LogP contribution in [0.5, 0.6) is 5.75 Å². The Morgan fingerprint density at radius 1 is 1.04 bits per heavy atom. The van der Waals surface area contributed by atoms with Crippen molar-refractivity contribution in [3.8, 4) is 17.0 Å². The van der Waals surface area contributed by atoms with Gasteiger partial charge < -0.3 is 19.7 Å². The summed E-state index contributed by atoms with van der Waals surface area (Å²) >= 11 is 0. The Hall–Kier alpha value is -3.22. The van der Waals surface area contributed by atoms with Gasteiger partial charge >= 0.3 is 6.09 Å². The predicted octanol–water partition coefficient (Wildman–Crippen LogP) is 3.45. The number of benzene rings is 2. The van der Waals surface area contributed by atoms with Crippen molar-refractivity contribution in [1.29, 1.82) is 0 Å². The van der Waals surface area contributed by atoms with E-state index in [1.54, 1.807) is 0 Å². The number of nitrogens with one attached hydrogen (secondary N) is 2. The van der Waals surface area contributed by atoms with E-state index >= 15 is 0 Å². The smallest absolute Gasteiger partial charge is 0.407 e. The Morgan fingerprint density at radius 3 is 2.82 bits per heavy atom. The molecule has 2 aliphatic heterocycles. The zero-order valence-electron chi connectivity index (χ0n) is 15.5. The molecule has 3 aromatic rings. The van der Waals surface area contributed by atoms with Gasteiger partial charge in [-0.25, -0.2) is 4.79 Å². The number of aromatic nitrogens is 2. The molecule has 0 atom stereocenters. The lowest BCUT2D eigenvalue weighted by Gasteiger charge is -2.33. The van der Waals surface area contributed by atoms with E-state index in [2.05, 4.69) is 32.5 Å². The maximum absolute atomic E-state index is 12.0. The molecule has 0 aliphatic carbocycles. The van der Waals surface area contributed by atoms with Crippen LogP contribution in [-0.4, -0.2) is 42.5 Å². The standard InChI is InChI=1S/C21H22N4O3/c26-21-22-5-1-8-27-17-3-4-19-18(12-17)20(24-23-19)15-9-14(13-28-21)10-16(11-15)25-6-2-7-25/h3-4,9-12H,1-2,5-8,13H2,(H,22,26)(H,23,24). The van der Waals surface area contributed by atoms with Crippen molar-refractivity contribution in [2.24, 2.45) is 0 Å². The van der Waals surface area contributed by atoms with Gasteiger partial charge in [0.1, 0.15) is 18.1 Å². The molecule has 0 spiro atoms. The van der Waals surface area contributed by atoms with Gasteiger partial charge in [0.25, 0.3) is 0 Å². The number of nitrogens with zero attached hydrogens (tertiary/aromatic N) is 2. The number of carbonyl (C=O) groups is 1.